The Hall–Kier alpha value is -2.52. The first-order chi connectivity index (χ1) is 14.6. The predicted octanol–water partition coefficient (Wildman–Crippen LogP) is 6.88. The predicted molar refractivity (Wildman–Crippen MR) is 104 cm³/mol. The van der Waals surface area contributed by atoms with Crippen molar-refractivity contribution in [2.75, 3.05) is 10.6 Å². The second-order valence-electron chi connectivity index (χ2n) is 8.14. The van der Waals surface area contributed by atoms with Crippen molar-refractivity contribution in [3.8, 4) is 0 Å². The molecule has 0 aliphatic heterocycles. The highest BCUT2D eigenvalue weighted by Crippen LogP contribution is 2.42. The summed E-state index contributed by atoms with van der Waals surface area (Å²) in [5.41, 5.74) is -2.51. The second kappa shape index (κ2) is 8.20. The van der Waals surface area contributed by atoms with Crippen molar-refractivity contribution in [2.45, 2.75) is 69.3 Å². The van der Waals surface area contributed by atoms with E-state index in [1.807, 2.05) is 0 Å². The van der Waals surface area contributed by atoms with Gasteiger partial charge in [0.05, 0.1) is 22.5 Å². The van der Waals surface area contributed by atoms with E-state index in [-0.39, 0.29) is 23.8 Å². The molecule has 0 saturated heterocycles. The van der Waals surface area contributed by atoms with E-state index in [9.17, 15) is 26.3 Å². The SMILES string of the molecule is FC(F)(F)c1ccc(Nc2cc(C3CC3)nc(NC3CCCCC3)n2)c(C(F)(F)F)c1. The van der Waals surface area contributed by atoms with Crippen LogP contribution in [-0.2, 0) is 12.4 Å². The van der Waals surface area contributed by atoms with Crippen LogP contribution in [-0.4, -0.2) is 16.0 Å². The Morgan fingerprint density at radius 1 is 0.806 bits per heavy atom. The molecule has 2 aliphatic carbocycles. The Labute approximate surface area is 175 Å². The number of anilines is 3. The van der Waals surface area contributed by atoms with Crippen LogP contribution in [0.3, 0.4) is 0 Å². The molecule has 0 bridgehead atoms. The van der Waals surface area contributed by atoms with Gasteiger partial charge in [-0.15, -0.1) is 0 Å². The average Bonchev–Trinajstić information content (AvgIpc) is 3.52. The number of hydrogen-bond acceptors (Lipinski definition) is 4. The number of benzene rings is 1. The minimum Gasteiger partial charge on any atom is -0.351 e. The molecule has 2 N–H and O–H groups in total. The standard InChI is InChI=1S/C21H22F6N4/c22-20(23,24)13-8-9-16(15(10-13)21(25,26)27)29-18-11-17(12-6-7-12)30-19(31-18)28-14-4-2-1-3-5-14/h8-12,14H,1-7H2,(H2,28,29,30,31). The lowest BCUT2D eigenvalue weighted by Crippen LogP contribution is -2.24. The quantitative estimate of drug-likeness (QED) is 0.494. The van der Waals surface area contributed by atoms with Gasteiger partial charge in [-0.3, -0.25) is 0 Å². The van der Waals surface area contributed by atoms with Gasteiger partial charge >= 0.3 is 12.4 Å². The van der Waals surface area contributed by atoms with E-state index < -0.39 is 29.2 Å². The fourth-order valence-corrected chi connectivity index (χ4v) is 3.81. The molecule has 2 saturated carbocycles. The van der Waals surface area contributed by atoms with Crippen molar-refractivity contribution in [1.82, 2.24) is 9.97 Å². The zero-order chi connectivity index (χ0) is 22.2. The summed E-state index contributed by atoms with van der Waals surface area (Å²) in [6, 6.07) is 3.31. The van der Waals surface area contributed by atoms with Gasteiger partial charge in [-0.1, -0.05) is 19.3 Å². The van der Waals surface area contributed by atoms with Gasteiger partial charge in [-0.25, -0.2) is 4.98 Å². The monoisotopic (exact) mass is 444 g/mol. The first-order valence-corrected chi connectivity index (χ1v) is 10.3. The first-order valence-electron chi connectivity index (χ1n) is 10.3. The molecular weight excluding hydrogens is 422 g/mol. The molecule has 2 fully saturated rings. The van der Waals surface area contributed by atoms with Crippen LogP contribution in [0.2, 0.25) is 0 Å². The van der Waals surface area contributed by atoms with Gasteiger partial charge in [0.2, 0.25) is 5.95 Å². The molecule has 2 aromatic rings. The van der Waals surface area contributed by atoms with E-state index in [0.717, 1.165) is 50.3 Å². The largest absolute Gasteiger partial charge is 0.418 e. The molecule has 1 aromatic carbocycles. The van der Waals surface area contributed by atoms with Gasteiger partial charge in [-0.05, 0) is 43.9 Å². The maximum Gasteiger partial charge on any atom is 0.418 e. The summed E-state index contributed by atoms with van der Waals surface area (Å²) in [5.74, 6) is 0.685. The molecule has 0 spiro atoms. The Balaban J connectivity index is 1.65. The smallest absolute Gasteiger partial charge is 0.351 e. The topological polar surface area (TPSA) is 49.8 Å². The number of alkyl halides is 6. The van der Waals surface area contributed by atoms with E-state index in [1.165, 1.54) is 6.42 Å². The summed E-state index contributed by atoms with van der Waals surface area (Å²) in [4.78, 5) is 8.82. The van der Waals surface area contributed by atoms with Gasteiger partial charge in [0.15, 0.2) is 0 Å². The number of halogens is 6. The van der Waals surface area contributed by atoms with Crippen LogP contribution in [0.15, 0.2) is 24.3 Å². The lowest BCUT2D eigenvalue weighted by Gasteiger charge is -2.23. The van der Waals surface area contributed by atoms with E-state index in [2.05, 4.69) is 20.6 Å². The molecule has 2 aliphatic rings. The van der Waals surface area contributed by atoms with Gasteiger partial charge in [0, 0.05) is 18.0 Å². The highest BCUT2D eigenvalue weighted by Gasteiger charge is 2.38. The van der Waals surface area contributed by atoms with Crippen molar-refractivity contribution >= 4 is 17.5 Å². The highest BCUT2D eigenvalue weighted by molar-refractivity contribution is 5.63. The van der Waals surface area contributed by atoms with Crippen molar-refractivity contribution in [1.29, 1.82) is 0 Å². The average molecular weight is 444 g/mol. The Morgan fingerprint density at radius 3 is 2.13 bits per heavy atom. The highest BCUT2D eigenvalue weighted by atomic mass is 19.4. The second-order valence-corrected chi connectivity index (χ2v) is 8.14. The van der Waals surface area contributed by atoms with Crippen LogP contribution in [0.4, 0.5) is 43.8 Å². The van der Waals surface area contributed by atoms with E-state index in [0.29, 0.717) is 12.0 Å². The van der Waals surface area contributed by atoms with Gasteiger partial charge in [0.25, 0.3) is 0 Å². The maximum absolute atomic E-state index is 13.5. The van der Waals surface area contributed by atoms with Gasteiger partial charge in [-0.2, -0.15) is 31.3 Å². The summed E-state index contributed by atoms with van der Waals surface area (Å²) in [7, 11) is 0. The summed E-state index contributed by atoms with van der Waals surface area (Å²) in [6.45, 7) is 0. The van der Waals surface area contributed by atoms with Crippen molar-refractivity contribution in [3.63, 3.8) is 0 Å². The summed E-state index contributed by atoms with van der Waals surface area (Å²) in [6.07, 6.45) is -2.67. The van der Waals surface area contributed by atoms with E-state index in [4.69, 9.17) is 0 Å². The van der Waals surface area contributed by atoms with Gasteiger partial charge < -0.3 is 10.6 Å². The third kappa shape index (κ3) is 5.40. The van der Waals surface area contributed by atoms with E-state index >= 15 is 0 Å². The van der Waals surface area contributed by atoms with Crippen LogP contribution in [0.5, 0.6) is 0 Å². The molecular formula is C21H22F6N4. The normalized spacial score (nSPS) is 18.1. The molecule has 0 radical (unpaired) electrons. The Kier molecular flexibility index (Phi) is 5.74. The number of hydrogen-bond donors (Lipinski definition) is 2. The Bertz CT molecular complexity index is 930. The van der Waals surface area contributed by atoms with Crippen LogP contribution >= 0.6 is 0 Å². The first kappa shape index (κ1) is 21.7. The molecule has 0 atom stereocenters. The lowest BCUT2D eigenvalue weighted by atomic mass is 9.96. The molecule has 168 valence electrons. The molecule has 1 aromatic heterocycles. The van der Waals surface area contributed by atoms with Crippen molar-refractivity contribution < 1.29 is 26.3 Å². The zero-order valence-corrected chi connectivity index (χ0v) is 16.6. The van der Waals surface area contributed by atoms with E-state index in [1.54, 1.807) is 6.07 Å². The number of nitrogens with one attached hydrogen (secondary N) is 2. The molecule has 1 heterocycles. The molecule has 0 unspecified atom stereocenters. The lowest BCUT2D eigenvalue weighted by molar-refractivity contribution is -0.142. The molecule has 10 heteroatoms. The Morgan fingerprint density at radius 2 is 1.52 bits per heavy atom. The van der Waals surface area contributed by atoms with Crippen LogP contribution in [0.1, 0.15) is 67.7 Å². The molecule has 0 amide bonds. The third-order valence-corrected chi connectivity index (χ3v) is 5.60. The maximum atomic E-state index is 13.5. The number of rotatable bonds is 5. The summed E-state index contributed by atoms with van der Waals surface area (Å²) in [5, 5.41) is 5.85. The number of aromatic nitrogens is 2. The van der Waals surface area contributed by atoms with Crippen LogP contribution < -0.4 is 10.6 Å². The molecule has 31 heavy (non-hydrogen) atoms. The summed E-state index contributed by atoms with van der Waals surface area (Å²) >= 11 is 0. The molecule has 4 rings (SSSR count). The van der Waals surface area contributed by atoms with Crippen molar-refractivity contribution in [3.05, 3.63) is 41.1 Å². The molecule has 4 nitrogen and oxygen atoms in total. The third-order valence-electron chi connectivity index (χ3n) is 5.60. The van der Waals surface area contributed by atoms with Crippen molar-refractivity contribution in [2.24, 2.45) is 0 Å². The van der Waals surface area contributed by atoms with Gasteiger partial charge in [0.1, 0.15) is 5.82 Å². The minimum atomic E-state index is -4.96. The fourth-order valence-electron chi connectivity index (χ4n) is 3.81. The van der Waals surface area contributed by atoms with Crippen LogP contribution in [0.25, 0.3) is 0 Å². The fraction of sp³-hybridized carbons (Fsp3) is 0.524. The zero-order valence-electron chi connectivity index (χ0n) is 16.6. The summed E-state index contributed by atoms with van der Waals surface area (Å²) < 4.78 is 79.2. The number of nitrogens with zero attached hydrogens (tertiary/aromatic N) is 2. The minimum absolute atomic E-state index is 0.118. The van der Waals surface area contributed by atoms with Crippen LogP contribution in [0, 0.1) is 0 Å².